The van der Waals surface area contributed by atoms with E-state index in [9.17, 15) is 4.79 Å². The summed E-state index contributed by atoms with van der Waals surface area (Å²) in [6.07, 6.45) is 7.87. The molecule has 0 atom stereocenters. The predicted octanol–water partition coefficient (Wildman–Crippen LogP) is 2.50. The lowest BCUT2D eigenvalue weighted by Crippen LogP contribution is -2.03. The molecule has 1 rings (SSSR count). The average Bonchev–Trinajstić information content (AvgIpc) is 2.48. The molecule has 0 unspecified atom stereocenters. The first-order valence-corrected chi connectivity index (χ1v) is 6.12. The van der Waals surface area contributed by atoms with E-state index in [0.29, 0.717) is 19.0 Å². The highest BCUT2D eigenvalue weighted by Gasteiger charge is 2.07. The van der Waals surface area contributed by atoms with Gasteiger partial charge in [0.05, 0.1) is 13.2 Å². The Bertz CT molecular complexity index is 233. The minimum Gasteiger partial charge on any atom is -0.382 e. The van der Waals surface area contributed by atoms with Crippen molar-refractivity contribution in [1.82, 2.24) is 0 Å². The molecule has 3 heteroatoms. The van der Waals surface area contributed by atoms with Crippen LogP contribution in [0.5, 0.6) is 0 Å². The van der Waals surface area contributed by atoms with E-state index in [2.05, 4.69) is 0 Å². The van der Waals surface area contributed by atoms with Gasteiger partial charge in [-0.1, -0.05) is 5.57 Å². The molecule has 0 spiro atoms. The van der Waals surface area contributed by atoms with Crippen LogP contribution in [0, 0.1) is 0 Å². The van der Waals surface area contributed by atoms with Crippen LogP contribution in [0.25, 0.3) is 0 Å². The summed E-state index contributed by atoms with van der Waals surface area (Å²) in [6.45, 7) is 2.07. The maximum Gasteiger partial charge on any atom is 0.155 e. The third-order valence-electron chi connectivity index (χ3n) is 2.75. The van der Waals surface area contributed by atoms with Gasteiger partial charge in [0.25, 0.3) is 0 Å². The Balaban J connectivity index is 2.09. The van der Waals surface area contributed by atoms with Gasteiger partial charge in [-0.15, -0.1) is 0 Å². The number of ketones is 1. The third-order valence-corrected chi connectivity index (χ3v) is 2.75. The van der Waals surface area contributed by atoms with Crippen LogP contribution >= 0.6 is 0 Å². The molecule has 0 aliphatic heterocycles. The van der Waals surface area contributed by atoms with Crippen LogP contribution in [-0.4, -0.2) is 32.7 Å². The van der Waals surface area contributed by atoms with Crippen LogP contribution in [-0.2, 0) is 14.3 Å². The van der Waals surface area contributed by atoms with Crippen molar-refractivity contribution in [1.29, 1.82) is 0 Å². The van der Waals surface area contributed by atoms with E-state index < -0.39 is 0 Å². The van der Waals surface area contributed by atoms with Crippen LogP contribution in [0.1, 0.15) is 38.5 Å². The van der Waals surface area contributed by atoms with Gasteiger partial charge in [0, 0.05) is 20.1 Å². The molecule has 0 radical (unpaired) electrons. The number of hydrogen-bond donors (Lipinski definition) is 0. The Morgan fingerprint density at radius 1 is 1.19 bits per heavy atom. The van der Waals surface area contributed by atoms with Gasteiger partial charge in [-0.25, -0.2) is 0 Å². The van der Waals surface area contributed by atoms with Crippen LogP contribution in [0.15, 0.2) is 11.6 Å². The smallest absolute Gasteiger partial charge is 0.155 e. The fraction of sp³-hybridized carbons (Fsp3) is 0.769. The molecule has 1 aliphatic rings. The standard InChI is InChI=1S/C13H22O3/c1-15-9-10-16-8-4-6-12-5-2-3-7-13(14)11-12/h11H,2-10H2,1H3. The highest BCUT2D eigenvalue weighted by Crippen LogP contribution is 2.19. The molecule has 0 aromatic heterocycles. The molecule has 16 heavy (non-hydrogen) atoms. The second kappa shape index (κ2) is 8.48. The predicted molar refractivity (Wildman–Crippen MR) is 63.5 cm³/mol. The molecule has 0 saturated carbocycles. The summed E-state index contributed by atoms with van der Waals surface area (Å²) in [5, 5.41) is 0. The summed E-state index contributed by atoms with van der Waals surface area (Å²) in [6, 6.07) is 0. The first kappa shape index (κ1) is 13.4. The third kappa shape index (κ3) is 6.03. The summed E-state index contributed by atoms with van der Waals surface area (Å²) < 4.78 is 10.3. The number of rotatable bonds is 7. The van der Waals surface area contributed by atoms with E-state index in [-0.39, 0.29) is 0 Å². The van der Waals surface area contributed by atoms with Crippen LogP contribution < -0.4 is 0 Å². The van der Waals surface area contributed by atoms with Gasteiger partial charge in [0.2, 0.25) is 0 Å². The van der Waals surface area contributed by atoms with E-state index >= 15 is 0 Å². The number of hydrogen-bond acceptors (Lipinski definition) is 3. The van der Waals surface area contributed by atoms with Crippen molar-refractivity contribution < 1.29 is 14.3 Å². The van der Waals surface area contributed by atoms with Crippen LogP contribution in [0.4, 0.5) is 0 Å². The zero-order valence-electron chi connectivity index (χ0n) is 10.2. The molecular weight excluding hydrogens is 204 g/mol. The highest BCUT2D eigenvalue weighted by molar-refractivity contribution is 5.90. The lowest BCUT2D eigenvalue weighted by atomic mass is 10.1. The van der Waals surface area contributed by atoms with Crippen molar-refractivity contribution in [2.24, 2.45) is 0 Å². The number of methoxy groups -OCH3 is 1. The SMILES string of the molecule is COCCOCCCC1=CC(=O)CCCC1. The molecule has 92 valence electrons. The van der Waals surface area contributed by atoms with E-state index in [4.69, 9.17) is 9.47 Å². The quantitative estimate of drug-likeness (QED) is 0.626. The summed E-state index contributed by atoms with van der Waals surface area (Å²) >= 11 is 0. The average molecular weight is 226 g/mol. The van der Waals surface area contributed by atoms with Crippen molar-refractivity contribution in [3.63, 3.8) is 0 Å². The first-order valence-electron chi connectivity index (χ1n) is 6.12. The number of ether oxygens (including phenoxy) is 2. The Labute approximate surface area is 97.8 Å². The van der Waals surface area contributed by atoms with Crippen molar-refractivity contribution in [2.75, 3.05) is 26.9 Å². The lowest BCUT2D eigenvalue weighted by Gasteiger charge is -2.05. The van der Waals surface area contributed by atoms with Gasteiger partial charge in [-0.05, 0) is 38.2 Å². The van der Waals surface area contributed by atoms with Gasteiger partial charge in [0.15, 0.2) is 5.78 Å². The van der Waals surface area contributed by atoms with Gasteiger partial charge < -0.3 is 9.47 Å². The zero-order valence-corrected chi connectivity index (χ0v) is 10.2. The fourth-order valence-corrected chi connectivity index (χ4v) is 1.87. The second-order valence-electron chi connectivity index (χ2n) is 4.18. The fourth-order valence-electron chi connectivity index (χ4n) is 1.87. The largest absolute Gasteiger partial charge is 0.382 e. The lowest BCUT2D eigenvalue weighted by molar-refractivity contribution is -0.114. The van der Waals surface area contributed by atoms with Crippen molar-refractivity contribution >= 4 is 5.78 Å². The van der Waals surface area contributed by atoms with E-state index in [1.54, 1.807) is 7.11 Å². The Hall–Kier alpha value is -0.670. The number of carbonyl (C=O) groups excluding carboxylic acids is 1. The van der Waals surface area contributed by atoms with Crippen molar-refractivity contribution in [3.8, 4) is 0 Å². The summed E-state index contributed by atoms with van der Waals surface area (Å²) in [4.78, 5) is 11.3. The summed E-state index contributed by atoms with van der Waals surface area (Å²) in [7, 11) is 1.67. The molecule has 0 aromatic rings. The zero-order chi connectivity index (χ0) is 11.6. The van der Waals surface area contributed by atoms with Gasteiger partial charge in [-0.3, -0.25) is 4.79 Å². The molecule has 0 N–H and O–H groups in total. The Morgan fingerprint density at radius 3 is 2.81 bits per heavy atom. The molecule has 0 bridgehead atoms. The monoisotopic (exact) mass is 226 g/mol. The van der Waals surface area contributed by atoms with Crippen molar-refractivity contribution in [3.05, 3.63) is 11.6 Å². The normalized spacial score (nSPS) is 17.1. The Kier molecular flexibility index (Phi) is 7.10. The van der Waals surface area contributed by atoms with Crippen LogP contribution in [0.3, 0.4) is 0 Å². The van der Waals surface area contributed by atoms with Gasteiger partial charge in [0.1, 0.15) is 0 Å². The molecule has 1 aliphatic carbocycles. The second-order valence-corrected chi connectivity index (χ2v) is 4.18. The molecule has 0 fully saturated rings. The van der Waals surface area contributed by atoms with Gasteiger partial charge >= 0.3 is 0 Å². The van der Waals surface area contributed by atoms with E-state index in [1.165, 1.54) is 5.57 Å². The summed E-state index contributed by atoms with van der Waals surface area (Å²) in [5.41, 5.74) is 1.30. The van der Waals surface area contributed by atoms with E-state index in [0.717, 1.165) is 45.1 Å². The van der Waals surface area contributed by atoms with Gasteiger partial charge in [-0.2, -0.15) is 0 Å². The summed E-state index contributed by atoms with van der Waals surface area (Å²) in [5.74, 6) is 0.299. The minimum absolute atomic E-state index is 0.299. The van der Waals surface area contributed by atoms with Crippen LogP contribution in [0.2, 0.25) is 0 Å². The molecular formula is C13H22O3. The minimum atomic E-state index is 0.299. The molecule has 0 heterocycles. The number of allylic oxidation sites excluding steroid dienone is 2. The maximum absolute atomic E-state index is 11.3. The molecule has 0 aromatic carbocycles. The van der Waals surface area contributed by atoms with E-state index in [1.807, 2.05) is 6.08 Å². The van der Waals surface area contributed by atoms with Crippen molar-refractivity contribution in [2.45, 2.75) is 38.5 Å². The number of carbonyl (C=O) groups is 1. The Morgan fingerprint density at radius 2 is 2.00 bits per heavy atom. The maximum atomic E-state index is 11.3. The highest BCUT2D eigenvalue weighted by atomic mass is 16.5. The topological polar surface area (TPSA) is 35.5 Å². The molecule has 0 amide bonds. The first-order chi connectivity index (χ1) is 7.83. The molecule has 0 saturated heterocycles. The molecule has 3 nitrogen and oxygen atoms in total.